The van der Waals surface area contributed by atoms with Crippen molar-refractivity contribution >= 4 is 22.2 Å². The minimum atomic E-state index is -0.0597. The molecule has 1 aromatic carbocycles. The van der Waals surface area contributed by atoms with Crippen molar-refractivity contribution in [2.75, 3.05) is 26.2 Å². The van der Waals surface area contributed by atoms with E-state index in [1.54, 1.807) is 21.3 Å². The number of aromatic nitrogens is 6. The van der Waals surface area contributed by atoms with Crippen LogP contribution in [0, 0.1) is 6.92 Å². The Balaban J connectivity index is 1.23. The fraction of sp³-hybridized carbons (Fsp3) is 0.300. The highest BCUT2D eigenvalue weighted by molar-refractivity contribution is 7.15. The number of hydrogen-bond acceptors (Lipinski definition) is 8. The van der Waals surface area contributed by atoms with Gasteiger partial charge in [0.15, 0.2) is 4.96 Å². The van der Waals surface area contributed by atoms with E-state index in [0.29, 0.717) is 30.2 Å². The Bertz CT molecular complexity index is 1290. The number of aryl methyl sites for hydroxylation is 1. The number of piperazine rings is 1. The van der Waals surface area contributed by atoms with Gasteiger partial charge in [-0.25, -0.2) is 9.67 Å². The molecule has 4 heterocycles. The number of benzene rings is 1. The Morgan fingerprint density at radius 2 is 2.00 bits per heavy atom. The first-order valence-corrected chi connectivity index (χ1v) is 10.8. The third kappa shape index (κ3) is 3.84. The lowest BCUT2D eigenvalue weighted by atomic mass is 10.1. The zero-order valence-electron chi connectivity index (χ0n) is 16.9. The van der Waals surface area contributed by atoms with Gasteiger partial charge in [0.05, 0.1) is 11.4 Å². The van der Waals surface area contributed by atoms with Crippen LogP contribution >= 0.6 is 11.3 Å². The minimum absolute atomic E-state index is 0.0161. The fourth-order valence-corrected chi connectivity index (χ4v) is 4.55. The van der Waals surface area contributed by atoms with E-state index in [1.165, 1.54) is 17.7 Å². The quantitative estimate of drug-likeness (QED) is 0.470. The number of amides is 1. The molecule has 1 saturated heterocycles. The zero-order chi connectivity index (χ0) is 21.4. The maximum Gasteiger partial charge on any atom is 0.258 e. The highest BCUT2D eigenvalue weighted by Gasteiger charge is 2.23. The summed E-state index contributed by atoms with van der Waals surface area (Å²) >= 11 is 1.45. The molecule has 0 atom stereocenters. The summed E-state index contributed by atoms with van der Waals surface area (Å²) in [4.78, 5) is 34.5. The van der Waals surface area contributed by atoms with Crippen LogP contribution in [0.1, 0.15) is 21.6 Å². The van der Waals surface area contributed by atoms with E-state index in [-0.39, 0.29) is 11.5 Å². The largest absolute Gasteiger partial charge is 0.336 e. The Labute approximate surface area is 181 Å². The Morgan fingerprint density at radius 1 is 1.16 bits per heavy atom. The second-order valence-electron chi connectivity index (χ2n) is 7.47. The molecule has 5 rings (SSSR count). The summed E-state index contributed by atoms with van der Waals surface area (Å²) < 4.78 is 3.13. The predicted molar refractivity (Wildman–Crippen MR) is 114 cm³/mol. The van der Waals surface area contributed by atoms with Crippen molar-refractivity contribution in [3.8, 4) is 5.69 Å². The molecule has 1 aliphatic rings. The summed E-state index contributed by atoms with van der Waals surface area (Å²) in [6, 6.07) is 7.14. The molecule has 0 spiro atoms. The smallest absolute Gasteiger partial charge is 0.258 e. The third-order valence-corrected chi connectivity index (χ3v) is 6.20. The van der Waals surface area contributed by atoms with Gasteiger partial charge in [-0.2, -0.15) is 0 Å². The lowest BCUT2D eigenvalue weighted by molar-refractivity contribution is 0.0627. The molecule has 3 aromatic heterocycles. The van der Waals surface area contributed by atoms with E-state index in [0.717, 1.165) is 30.0 Å². The predicted octanol–water partition coefficient (Wildman–Crippen LogP) is 0.998. The molecule has 0 unspecified atom stereocenters. The average molecular weight is 437 g/mol. The number of rotatable bonds is 4. The van der Waals surface area contributed by atoms with Crippen LogP contribution in [0.15, 0.2) is 47.0 Å². The van der Waals surface area contributed by atoms with Crippen LogP contribution in [-0.2, 0) is 6.54 Å². The Morgan fingerprint density at radius 3 is 2.74 bits per heavy atom. The van der Waals surface area contributed by atoms with E-state index in [1.807, 2.05) is 35.4 Å². The van der Waals surface area contributed by atoms with Crippen LogP contribution in [0.25, 0.3) is 10.6 Å². The molecule has 11 heteroatoms. The summed E-state index contributed by atoms with van der Waals surface area (Å²) in [6.45, 7) is 5.27. The van der Waals surface area contributed by atoms with Gasteiger partial charge in [0.2, 0.25) is 0 Å². The van der Waals surface area contributed by atoms with Gasteiger partial charge in [-0.1, -0.05) is 0 Å². The Kier molecular flexibility index (Phi) is 5.04. The average Bonchev–Trinajstić information content (AvgIpc) is 3.46. The highest BCUT2D eigenvalue weighted by Crippen LogP contribution is 2.17. The molecular formula is C20H20N8O2S. The molecule has 1 fully saturated rings. The minimum Gasteiger partial charge on any atom is -0.336 e. The molecule has 0 saturated carbocycles. The van der Waals surface area contributed by atoms with Crippen LogP contribution in [-0.4, -0.2) is 71.5 Å². The summed E-state index contributed by atoms with van der Waals surface area (Å²) in [6.07, 6.45) is 3.27. The lowest BCUT2D eigenvalue weighted by Crippen LogP contribution is -2.48. The van der Waals surface area contributed by atoms with Gasteiger partial charge < -0.3 is 4.90 Å². The van der Waals surface area contributed by atoms with Gasteiger partial charge in [0.25, 0.3) is 11.5 Å². The van der Waals surface area contributed by atoms with Crippen molar-refractivity contribution in [2.24, 2.45) is 0 Å². The van der Waals surface area contributed by atoms with Crippen molar-refractivity contribution in [1.82, 2.24) is 39.4 Å². The number of tetrazole rings is 1. The van der Waals surface area contributed by atoms with E-state index in [9.17, 15) is 9.59 Å². The number of carbonyl (C=O) groups excluding carboxylic acids is 1. The lowest BCUT2D eigenvalue weighted by Gasteiger charge is -2.34. The van der Waals surface area contributed by atoms with Crippen LogP contribution in [0.5, 0.6) is 0 Å². The first-order chi connectivity index (χ1) is 15.1. The standard InChI is InChI=1S/C20H20N8O2S/c1-14-10-15(2-3-17(14)28-13-21-23-24-28)19(30)26-6-4-25(5-7-26)12-16-11-18(29)27-8-9-31-20(27)22-16/h2-3,8-11,13H,4-7,12H2,1H3. The molecule has 0 N–H and O–H groups in total. The van der Waals surface area contributed by atoms with Gasteiger partial charge >= 0.3 is 0 Å². The van der Waals surface area contributed by atoms with Crippen molar-refractivity contribution in [3.05, 3.63) is 69.3 Å². The molecule has 158 valence electrons. The molecule has 0 bridgehead atoms. The molecule has 0 aliphatic carbocycles. The molecule has 4 aromatic rings. The number of nitrogens with zero attached hydrogens (tertiary/aromatic N) is 8. The molecular weight excluding hydrogens is 416 g/mol. The first kappa shape index (κ1) is 19.5. The maximum atomic E-state index is 13.0. The number of fused-ring (bicyclic) bond motifs is 1. The van der Waals surface area contributed by atoms with Gasteiger partial charge in [-0.15, -0.1) is 16.4 Å². The van der Waals surface area contributed by atoms with E-state index < -0.39 is 0 Å². The molecule has 31 heavy (non-hydrogen) atoms. The van der Waals surface area contributed by atoms with Crippen molar-refractivity contribution in [2.45, 2.75) is 13.5 Å². The fourth-order valence-electron chi connectivity index (χ4n) is 3.81. The van der Waals surface area contributed by atoms with Crippen molar-refractivity contribution in [1.29, 1.82) is 0 Å². The Hall–Kier alpha value is -3.44. The summed E-state index contributed by atoms with van der Waals surface area (Å²) in [5.74, 6) is 0.0161. The third-order valence-electron chi connectivity index (χ3n) is 5.44. The van der Waals surface area contributed by atoms with Crippen LogP contribution in [0.3, 0.4) is 0 Å². The normalized spacial score (nSPS) is 14.9. The monoisotopic (exact) mass is 436 g/mol. The van der Waals surface area contributed by atoms with E-state index in [4.69, 9.17) is 0 Å². The van der Waals surface area contributed by atoms with Gasteiger partial charge in [0, 0.05) is 55.9 Å². The number of carbonyl (C=O) groups is 1. The second-order valence-corrected chi connectivity index (χ2v) is 8.34. The highest BCUT2D eigenvalue weighted by atomic mass is 32.1. The SMILES string of the molecule is Cc1cc(C(=O)N2CCN(Cc3cc(=O)n4ccsc4n3)CC2)ccc1-n1cnnn1. The topological polar surface area (TPSA) is 102 Å². The van der Waals surface area contributed by atoms with Crippen LogP contribution < -0.4 is 5.56 Å². The van der Waals surface area contributed by atoms with Gasteiger partial charge in [-0.3, -0.25) is 18.9 Å². The van der Waals surface area contributed by atoms with Crippen LogP contribution in [0.4, 0.5) is 0 Å². The van der Waals surface area contributed by atoms with E-state index in [2.05, 4.69) is 25.4 Å². The van der Waals surface area contributed by atoms with Gasteiger partial charge in [-0.05, 0) is 41.1 Å². The van der Waals surface area contributed by atoms with Crippen LogP contribution in [0.2, 0.25) is 0 Å². The maximum absolute atomic E-state index is 13.0. The summed E-state index contributed by atoms with van der Waals surface area (Å²) in [5, 5.41) is 13.1. The number of hydrogen-bond donors (Lipinski definition) is 0. The summed E-state index contributed by atoms with van der Waals surface area (Å²) in [5.41, 5.74) is 3.13. The van der Waals surface area contributed by atoms with Crippen molar-refractivity contribution < 1.29 is 4.79 Å². The zero-order valence-corrected chi connectivity index (χ0v) is 17.7. The summed E-state index contributed by atoms with van der Waals surface area (Å²) in [7, 11) is 0. The number of thiazole rings is 1. The molecule has 1 amide bonds. The van der Waals surface area contributed by atoms with E-state index >= 15 is 0 Å². The van der Waals surface area contributed by atoms with Gasteiger partial charge in [0.1, 0.15) is 6.33 Å². The second kappa shape index (κ2) is 8.00. The van der Waals surface area contributed by atoms with Crippen molar-refractivity contribution in [3.63, 3.8) is 0 Å². The molecule has 10 nitrogen and oxygen atoms in total. The molecule has 1 aliphatic heterocycles. The first-order valence-electron chi connectivity index (χ1n) is 9.90. The molecule has 0 radical (unpaired) electrons.